The monoisotopic (exact) mass is 492 g/mol. The summed E-state index contributed by atoms with van der Waals surface area (Å²) in [5, 5.41) is 14.5. The molecule has 2 aromatic carbocycles. The number of nitrogens with one attached hydrogen (secondary N) is 2. The molecule has 8 heteroatoms. The minimum absolute atomic E-state index is 0.211. The summed E-state index contributed by atoms with van der Waals surface area (Å²) < 4.78 is 19.2. The molecule has 3 aromatic rings. The molecule has 0 unspecified atom stereocenters. The molecule has 2 amide bonds. The summed E-state index contributed by atoms with van der Waals surface area (Å²) in [5.74, 6) is 1.20. The molecule has 7 nitrogen and oxygen atoms in total. The number of H-pyrrole nitrogens is 1. The van der Waals surface area contributed by atoms with Crippen LogP contribution >= 0.6 is 0 Å². The van der Waals surface area contributed by atoms with Crippen LogP contribution in [0, 0.1) is 11.7 Å². The van der Waals surface area contributed by atoms with E-state index < -0.39 is 11.9 Å². The second-order valence-corrected chi connectivity index (χ2v) is 10.6. The Labute approximate surface area is 210 Å². The number of aromatic nitrogens is 1. The number of piperidine rings is 1. The largest absolute Gasteiger partial charge is 0.497 e. The van der Waals surface area contributed by atoms with Crippen LogP contribution < -0.4 is 10.1 Å². The number of halogens is 1. The van der Waals surface area contributed by atoms with Crippen molar-refractivity contribution in [3.8, 4) is 5.75 Å². The van der Waals surface area contributed by atoms with E-state index in [0.29, 0.717) is 12.2 Å². The SMILES string of the molecule is COc1ccc2c3c([nH]c2c1)[C@H](CO)N(C(=O)Nc1cccc(F)c1)CC31CCN(CC2CC2)CC1. The molecule has 2 aliphatic heterocycles. The highest BCUT2D eigenvalue weighted by atomic mass is 19.1. The number of likely N-dealkylation sites (tertiary alicyclic amines) is 1. The number of anilines is 1. The van der Waals surface area contributed by atoms with Gasteiger partial charge < -0.3 is 29.9 Å². The summed E-state index contributed by atoms with van der Waals surface area (Å²) in [6, 6.07) is 11.1. The van der Waals surface area contributed by atoms with Crippen molar-refractivity contribution in [3.05, 3.63) is 59.5 Å². The lowest BCUT2D eigenvalue weighted by Gasteiger charge is -2.50. The molecule has 1 saturated carbocycles. The number of carbonyl (C=O) groups is 1. The molecule has 1 saturated heterocycles. The number of urea groups is 1. The Morgan fingerprint density at radius 1 is 1.22 bits per heavy atom. The Hall–Kier alpha value is -3.10. The smallest absolute Gasteiger partial charge is 0.322 e. The van der Waals surface area contributed by atoms with Crippen LogP contribution in [-0.2, 0) is 5.41 Å². The van der Waals surface area contributed by atoms with Crippen molar-refractivity contribution >= 4 is 22.6 Å². The van der Waals surface area contributed by atoms with Crippen LogP contribution in [0.3, 0.4) is 0 Å². The molecular weight excluding hydrogens is 459 g/mol. The van der Waals surface area contributed by atoms with Crippen molar-refractivity contribution in [2.75, 3.05) is 45.2 Å². The molecule has 2 fully saturated rings. The first-order chi connectivity index (χ1) is 17.5. The highest BCUT2D eigenvalue weighted by molar-refractivity contribution is 5.92. The number of aliphatic hydroxyl groups excluding tert-OH is 1. The number of amides is 2. The van der Waals surface area contributed by atoms with Crippen LogP contribution in [-0.4, -0.2) is 65.8 Å². The summed E-state index contributed by atoms with van der Waals surface area (Å²) >= 11 is 0. The predicted octanol–water partition coefficient (Wildman–Crippen LogP) is 4.64. The van der Waals surface area contributed by atoms with E-state index in [2.05, 4.69) is 21.3 Å². The number of hydrogen-bond acceptors (Lipinski definition) is 4. The van der Waals surface area contributed by atoms with E-state index in [-0.39, 0.29) is 18.1 Å². The predicted molar refractivity (Wildman–Crippen MR) is 137 cm³/mol. The molecule has 0 radical (unpaired) electrons. The number of aromatic amines is 1. The summed E-state index contributed by atoms with van der Waals surface area (Å²) in [7, 11) is 1.65. The first kappa shape index (κ1) is 23.3. The van der Waals surface area contributed by atoms with Gasteiger partial charge in [0.15, 0.2) is 0 Å². The van der Waals surface area contributed by atoms with E-state index >= 15 is 0 Å². The lowest BCUT2D eigenvalue weighted by atomic mass is 9.68. The third-order valence-corrected chi connectivity index (χ3v) is 8.28. The van der Waals surface area contributed by atoms with Crippen LogP contribution in [0.4, 0.5) is 14.9 Å². The van der Waals surface area contributed by atoms with E-state index in [9.17, 15) is 14.3 Å². The molecule has 6 rings (SSSR count). The van der Waals surface area contributed by atoms with Crippen molar-refractivity contribution in [2.45, 2.75) is 37.1 Å². The summed E-state index contributed by atoms with van der Waals surface area (Å²) in [4.78, 5) is 21.4. The molecule has 3 heterocycles. The first-order valence-electron chi connectivity index (χ1n) is 12.9. The van der Waals surface area contributed by atoms with Crippen LogP contribution in [0.1, 0.15) is 43.0 Å². The minimum atomic E-state index is -0.526. The van der Waals surface area contributed by atoms with Gasteiger partial charge in [-0.05, 0) is 80.6 Å². The fourth-order valence-electron chi connectivity index (χ4n) is 6.22. The molecule has 36 heavy (non-hydrogen) atoms. The van der Waals surface area contributed by atoms with Gasteiger partial charge in [-0.3, -0.25) is 0 Å². The molecule has 1 aliphatic carbocycles. The summed E-state index contributed by atoms with van der Waals surface area (Å²) in [6.07, 6.45) is 4.55. The molecule has 3 aliphatic rings. The van der Waals surface area contributed by atoms with Gasteiger partial charge in [-0.15, -0.1) is 0 Å². The number of rotatable bonds is 5. The van der Waals surface area contributed by atoms with Gasteiger partial charge in [0.1, 0.15) is 11.6 Å². The third-order valence-electron chi connectivity index (χ3n) is 8.28. The van der Waals surface area contributed by atoms with Gasteiger partial charge in [-0.25, -0.2) is 9.18 Å². The number of fused-ring (bicyclic) bond motifs is 4. The van der Waals surface area contributed by atoms with Gasteiger partial charge in [0.05, 0.1) is 19.8 Å². The molecule has 0 bridgehead atoms. The molecule has 1 aromatic heterocycles. The standard InChI is InChI=1S/C28H33FN4O3/c1-36-21-7-8-22-23(14-21)31-26-24(16-34)33(27(35)30-20-4-2-3-19(29)13-20)17-28(25(22)26)9-11-32(12-10-28)15-18-5-6-18/h2-4,7-8,13-14,18,24,31,34H,5-6,9-12,15-17H2,1H3,(H,30,35)/t24-/m0/s1. The van der Waals surface area contributed by atoms with Crippen LogP contribution in [0.25, 0.3) is 10.9 Å². The molecule has 3 N–H and O–H groups in total. The van der Waals surface area contributed by atoms with Gasteiger partial charge >= 0.3 is 6.03 Å². The lowest BCUT2D eigenvalue weighted by Crippen LogP contribution is -2.56. The Morgan fingerprint density at radius 3 is 2.72 bits per heavy atom. The average molecular weight is 493 g/mol. The summed E-state index contributed by atoms with van der Waals surface area (Å²) in [6.45, 7) is 3.43. The van der Waals surface area contributed by atoms with E-state index in [1.54, 1.807) is 24.1 Å². The number of aliphatic hydroxyl groups is 1. The molecule has 190 valence electrons. The van der Waals surface area contributed by atoms with E-state index in [1.165, 1.54) is 30.5 Å². The zero-order valence-corrected chi connectivity index (χ0v) is 20.6. The maximum absolute atomic E-state index is 13.8. The van der Waals surface area contributed by atoms with Gasteiger partial charge in [0.2, 0.25) is 0 Å². The minimum Gasteiger partial charge on any atom is -0.497 e. The maximum atomic E-state index is 13.8. The molecule has 1 spiro atoms. The average Bonchev–Trinajstić information content (AvgIpc) is 3.61. The van der Waals surface area contributed by atoms with Crippen LogP contribution in [0.2, 0.25) is 0 Å². The van der Waals surface area contributed by atoms with E-state index in [4.69, 9.17) is 4.74 Å². The van der Waals surface area contributed by atoms with E-state index in [1.807, 2.05) is 12.1 Å². The van der Waals surface area contributed by atoms with Crippen molar-refractivity contribution in [1.82, 2.24) is 14.8 Å². The quantitative estimate of drug-likeness (QED) is 0.485. The number of methoxy groups -OCH3 is 1. The van der Waals surface area contributed by atoms with Gasteiger partial charge in [0, 0.05) is 46.9 Å². The van der Waals surface area contributed by atoms with E-state index in [0.717, 1.165) is 60.7 Å². The van der Waals surface area contributed by atoms with Crippen molar-refractivity contribution in [1.29, 1.82) is 0 Å². The number of ether oxygens (including phenoxy) is 1. The molecule has 1 atom stereocenters. The Morgan fingerprint density at radius 2 is 2.03 bits per heavy atom. The number of nitrogens with zero attached hydrogens (tertiary/aromatic N) is 2. The number of benzene rings is 2. The second-order valence-electron chi connectivity index (χ2n) is 10.6. The zero-order chi connectivity index (χ0) is 24.9. The Bertz CT molecular complexity index is 1280. The second kappa shape index (κ2) is 9.09. The van der Waals surface area contributed by atoms with Crippen molar-refractivity contribution < 1.29 is 19.0 Å². The zero-order valence-electron chi connectivity index (χ0n) is 20.6. The highest BCUT2D eigenvalue weighted by Crippen LogP contribution is 2.49. The normalized spacial score (nSPS) is 21.5. The van der Waals surface area contributed by atoms with Gasteiger partial charge in [0.25, 0.3) is 0 Å². The molecular formula is C28H33FN4O3. The van der Waals surface area contributed by atoms with Crippen LogP contribution in [0.5, 0.6) is 5.75 Å². The van der Waals surface area contributed by atoms with Crippen LogP contribution in [0.15, 0.2) is 42.5 Å². The fourth-order valence-corrected chi connectivity index (χ4v) is 6.22. The highest BCUT2D eigenvalue weighted by Gasteiger charge is 2.49. The summed E-state index contributed by atoms with van der Waals surface area (Å²) in [5.41, 5.74) is 3.23. The van der Waals surface area contributed by atoms with Gasteiger partial charge in [-0.1, -0.05) is 6.07 Å². The lowest BCUT2D eigenvalue weighted by molar-refractivity contribution is 0.0715. The third kappa shape index (κ3) is 4.12. The number of carbonyl (C=O) groups excluding carboxylic acids is 1. The van der Waals surface area contributed by atoms with Crippen molar-refractivity contribution in [3.63, 3.8) is 0 Å². The number of hydrogen-bond donors (Lipinski definition) is 3. The Kier molecular flexibility index (Phi) is 5.88. The maximum Gasteiger partial charge on any atom is 0.322 e. The van der Waals surface area contributed by atoms with Crippen molar-refractivity contribution in [2.24, 2.45) is 5.92 Å². The Balaban J connectivity index is 1.39. The van der Waals surface area contributed by atoms with Gasteiger partial charge in [-0.2, -0.15) is 0 Å². The fraction of sp³-hybridized carbons (Fsp3) is 0.464. The first-order valence-corrected chi connectivity index (χ1v) is 12.9. The topological polar surface area (TPSA) is 80.8 Å².